The number of esters is 2. The van der Waals surface area contributed by atoms with Crippen molar-refractivity contribution in [2.24, 2.45) is 4.99 Å². The summed E-state index contributed by atoms with van der Waals surface area (Å²) in [6, 6.07) is -0.210. The number of rotatable bonds is 6. The standard InChI is InChI=1S/C15H18N4O5S2/c1-23-12(20)8-26(22)18-9-5-11-10(15(21)24-2)6-17-13(19(11)7-9)14-16-3-4-25-14/h3-4,9,18H,5-8H2,1-2H3. The number of amidine groups is 1. The van der Waals surface area contributed by atoms with Crippen molar-refractivity contribution in [3.63, 3.8) is 0 Å². The fourth-order valence-electron chi connectivity index (χ4n) is 2.86. The van der Waals surface area contributed by atoms with E-state index in [0.717, 1.165) is 10.7 Å². The van der Waals surface area contributed by atoms with E-state index < -0.39 is 22.9 Å². The molecule has 1 N–H and O–H groups in total. The highest BCUT2D eigenvalue weighted by Crippen LogP contribution is 2.31. The number of ether oxygens (including phenoxy) is 2. The van der Waals surface area contributed by atoms with Crippen LogP contribution in [0.2, 0.25) is 0 Å². The largest absolute Gasteiger partial charge is 0.468 e. The van der Waals surface area contributed by atoms with Gasteiger partial charge < -0.3 is 14.4 Å². The van der Waals surface area contributed by atoms with E-state index in [1.165, 1.54) is 25.6 Å². The van der Waals surface area contributed by atoms with Crippen molar-refractivity contribution < 1.29 is 23.3 Å². The molecule has 2 aliphatic rings. The minimum absolute atomic E-state index is 0.210. The van der Waals surface area contributed by atoms with Gasteiger partial charge in [-0.25, -0.2) is 18.7 Å². The lowest BCUT2D eigenvalue weighted by atomic mass is 10.1. The molecule has 11 heteroatoms. The zero-order valence-corrected chi connectivity index (χ0v) is 15.9. The Bertz CT molecular complexity index is 790. The summed E-state index contributed by atoms with van der Waals surface area (Å²) in [5.41, 5.74) is 1.26. The van der Waals surface area contributed by atoms with Crippen LogP contribution >= 0.6 is 11.3 Å². The summed E-state index contributed by atoms with van der Waals surface area (Å²) in [6.45, 7) is 0.673. The van der Waals surface area contributed by atoms with E-state index in [1.54, 1.807) is 6.20 Å². The second-order valence-electron chi connectivity index (χ2n) is 5.59. The predicted octanol–water partition coefficient (Wildman–Crippen LogP) is -0.169. The number of carbonyl (C=O) groups excluding carboxylic acids is 2. The van der Waals surface area contributed by atoms with Crippen molar-refractivity contribution in [2.45, 2.75) is 12.5 Å². The fraction of sp³-hybridized carbons (Fsp3) is 0.467. The number of hydrogen-bond acceptors (Lipinski definition) is 9. The van der Waals surface area contributed by atoms with Gasteiger partial charge in [0.05, 0.1) is 26.3 Å². The van der Waals surface area contributed by atoms with Crippen LogP contribution in [-0.4, -0.2) is 71.0 Å². The number of aromatic nitrogens is 1. The Morgan fingerprint density at radius 2 is 2.23 bits per heavy atom. The Morgan fingerprint density at radius 1 is 1.42 bits per heavy atom. The van der Waals surface area contributed by atoms with E-state index in [2.05, 4.69) is 19.4 Å². The Hall–Kier alpha value is -2.11. The van der Waals surface area contributed by atoms with Crippen molar-refractivity contribution in [2.75, 3.05) is 33.1 Å². The SMILES string of the molecule is COC(=O)CS(=O)NC1CC2=C(C(=O)OC)CN=C(c3nccs3)N2C1. The number of thiazole rings is 1. The second kappa shape index (κ2) is 8.06. The van der Waals surface area contributed by atoms with E-state index >= 15 is 0 Å². The smallest absolute Gasteiger partial charge is 0.337 e. The molecule has 0 saturated carbocycles. The van der Waals surface area contributed by atoms with Gasteiger partial charge in [-0.3, -0.25) is 9.79 Å². The number of hydrogen-bond donors (Lipinski definition) is 1. The van der Waals surface area contributed by atoms with Crippen molar-refractivity contribution >= 4 is 40.1 Å². The summed E-state index contributed by atoms with van der Waals surface area (Å²) in [4.78, 5) is 34.0. The number of aliphatic imine (C=N–C) groups is 1. The minimum atomic E-state index is -1.57. The van der Waals surface area contributed by atoms with Crippen LogP contribution in [0.4, 0.5) is 0 Å². The quantitative estimate of drug-likeness (QED) is 0.663. The first-order valence-electron chi connectivity index (χ1n) is 7.77. The number of carbonyl (C=O) groups is 2. The third-order valence-electron chi connectivity index (χ3n) is 3.99. The van der Waals surface area contributed by atoms with Crippen molar-refractivity contribution in [3.05, 3.63) is 27.9 Å². The van der Waals surface area contributed by atoms with E-state index in [-0.39, 0.29) is 18.3 Å². The Morgan fingerprint density at radius 3 is 2.88 bits per heavy atom. The highest BCUT2D eigenvalue weighted by atomic mass is 32.2. The van der Waals surface area contributed by atoms with Gasteiger partial charge in [-0.05, 0) is 0 Å². The molecule has 0 aromatic carbocycles. The third kappa shape index (κ3) is 3.84. The lowest BCUT2D eigenvalue weighted by Crippen LogP contribution is -2.39. The van der Waals surface area contributed by atoms with Crippen LogP contribution in [0.3, 0.4) is 0 Å². The summed E-state index contributed by atoms with van der Waals surface area (Å²) in [5, 5.41) is 2.61. The van der Waals surface area contributed by atoms with Crippen LogP contribution in [-0.2, 0) is 30.0 Å². The number of nitrogens with zero attached hydrogens (tertiary/aromatic N) is 3. The molecule has 3 heterocycles. The number of fused-ring (bicyclic) bond motifs is 1. The molecule has 0 spiro atoms. The van der Waals surface area contributed by atoms with Crippen molar-refractivity contribution in [1.82, 2.24) is 14.6 Å². The zero-order chi connectivity index (χ0) is 18.7. The highest BCUT2D eigenvalue weighted by Gasteiger charge is 2.38. The Kier molecular flexibility index (Phi) is 5.79. The molecule has 3 rings (SSSR count). The highest BCUT2D eigenvalue weighted by molar-refractivity contribution is 7.83. The molecular weight excluding hydrogens is 380 g/mol. The van der Waals surface area contributed by atoms with Crippen LogP contribution in [0.5, 0.6) is 0 Å². The van der Waals surface area contributed by atoms with Gasteiger partial charge in [0.1, 0.15) is 16.7 Å². The average molecular weight is 398 g/mol. The fourth-order valence-corrected chi connectivity index (χ4v) is 4.46. The van der Waals surface area contributed by atoms with Crippen LogP contribution in [0, 0.1) is 0 Å². The van der Waals surface area contributed by atoms with E-state index in [4.69, 9.17) is 4.74 Å². The molecule has 2 atom stereocenters. The zero-order valence-electron chi connectivity index (χ0n) is 14.3. The molecule has 9 nitrogen and oxygen atoms in total. The average Bonchev–Trinajstić information content (AvgIpc) is 3.29. The maximum Gasteiger partial charge on any atom is 0.337 e. The summed E-state index contributed by atoms with van der Waals surface area (Å²) in [7, 11) is 1.01. The Balaban J connectivity index is 1.81. The van der Waals surface area contributed by atoms with Crippen molar-refractivity contribution in [1.29, 1.82) is 0 Å². The van der Waals surface area contributed by atoms with Gasteiger partial charge in [-0.2, -0.15) is 0 Å². The molecule has 1 aromatic heterocycles. The third-order valence-corrected chi connectivity index (χ3v) is 5.85. The van der Waals surface area contributed by atoms with Crippen LogP contribution < -0.4 is 4.72 Å². The summed E-state index contributed by atoms with van der Waals surface area (Å²) >= 11 is 1.46. The minimum Gasteiger partial charge on any atom is -0.468 e. The molecule has 0 aliphatic carbocycles. The molecule has 140 valence electrons. The first kappa shape index (κ1) is 18.7. The van der Waals surface area contributed by atoms with Gasteiger partial charge in [0.15, 0.2) is 10.8 Å². The second-order valence-corrected chi connectivity index (χ2v) is 7.70. The molecule has 2 unspecified atom stereocenters. The molecule has 0 radical (unpaired) electrons. The summed E-state index contributed by atoms with van der Waals surface area (Å²) < 4.78 is 24.4. The van der Waals surface area contributed by atoms with Gasteiger partial charge in [0.2, 0.25) is 0 Å². The lowest BCUT2D eigenvalue weighted by molar-refractivity contribution is -0.138. The monoisotopic (exact) mass is 398 g/mol. The molecule has 0 bridgehead atoms. The summed E-state index contributed by atoms with van der Waals surface area (Å²) in [6.07, 6.45) is 2.17. The molecule has 1 aromatic rings. The van der Waals surface area contributed by atoms with Crippen molar-refractivity contribution in [3.8, 4) is 0 Å². The molecule has 2 aliphatic heterocycles. The molecule has 26 heavy (non-hydrogen) atoms. The molecule has 0 amide bonds. The van der Waals surface area contributed by atoms with Crippen LogP contribution in [0.25, 0.3) is 0 Å². The molecular formula is C15H18N4O5S2. The van der Waals surface area contributed by atoms with E-state index in [9.17, 15) is 13.8 Å². The van der Waals surface area contributed by atoms with Gasteiger partial charge in [0, 0.05) is 36.3 Å². The maximum absolute atomic E-state index is 12.1. The van der Waals surface area contributed by atoms with Gasteiger partial charge in [0.25, 0.3) is 0 Å². The molecule has 1 fully saturated rings. The number of methoxy groups -OCH3 is 2. The normalized spacial score (nSPS) is 20.5. The maximum atomic E-state index is 12.1. The lowest BCUT2D eigenvalue weighted by Gasteiger charge is -2.26. The predicted molar refractivity (Wildman–Crippen MR) is 95.8 cm³/mol. The first-order chi connectivity index (χ1) is 12.5. The first-order valence-corrected chi connectivity index (χ1v) is 9.97. The Labute approximate surface area is 156 Å². The molecule has 1 saturated heterocycles. The topological polar surface area (TPSA) is 110 Å². The van der Waals surface area contributed by atoms with Gasteiger partial charge >= 0.3 is 11.9 Å². The number of nitrogens with one attached hydrogen (secondary N) is 1. The van der Waals surface area contributed by atoms with Crippen LogP contribution in [0.15, 0.2) is 27.8 Å². The van der Waals surface area contributed by atoms with E-state index in [0.29, 0.717) is 24.4 Å². The van der Waals surface area contributed by atoms with Gasteiger partial charge in [-0.15, -0.1) is 11.3 Å². The van der Waals surface area contributed by atoms with Crippen LogP contribution in [0.1, 0.15) is 11.4 Å². The van der Waals surface area contributed by atoms with Gasteiger partial charge in [-0.1, -0.05) is 0 Å². The summed E-state index contributed by atoms with van der Waals surface area (Å²) in [5.74, 6) is -0.524. The van der Waals surface area contributed by atoms with E-state index in [1.807, 2.05) is 10.3 Å².